The number of ether oxygens (including phenoxy) is 2. The summed E-state index contributed by atoms with van der Waals surface area (Å²) >= 11 is 0. The number of nitro benzene ring substituents is 1. The maximum atomic E-state index is 12.8. The van der Waals surface area contributed by atoms with E-state index in [-0.39, 0.29) is 34.1 Å². The minimum absolute atomic E-state index is 0.00901. The first-order chi connectivity index (χ1) is 14.8. The molecule has 0 fully saturated rings. The predicted molar refractivity (Wildman–Crippen MR) is 109 cm³/mol. The number of benzene rings is 2. The number of hydrogen-bond acceptors (Lipinski definition) is 8. The molecule has 0 atom stereocenters. The second-order valence-corrected chi connectivity index (χ2v) is 6.28. The quantitative estimate of drug-likeness (QED) is 0.427. The van der Waals surface area contributed by atoms with Gasteiger partial charge in [-0.25, -0.2) is 4.68 Å². The van der Waals surface area contributed by atoms with Gasteiger partial charge in [-0.1, -0.05) is 11.3 Å². The summed E-state index contributed by atoms with van der Waals surface area (Å²) in [6.07, 6.45) is 0. The molecule has 3 rings (SSSR count). The third kappa shape index (κ3) is 4.12. The number of nitrogens with one attached hydrogen (secondary N) is 1. The van der Waals surface area contributed by atoms with Crippen LogP contribution < -0.4 is 20.5 Å². The van der Waals surface area contributed by atoms with Gasteiger partial charge >= 0.3 is 0 Å². The van der Waals surface area contributed by atoms with Crippen molar-refractivity contribution in [3.05, 3.63) is 63.5 Å². The number of carbonyl (C=O) groups excluding carboxylic acids is 2. The van der Waals surface area contributed by atoms with E-state index in [2.05, 4.69) is 15.6 Å². The van der Waals surface area contributed by atoms with Crippen molar-refractivity contribution >= 4 is 23.2 Å². The summed E-state index contributed by atoms with van der Waals surface area (Å²) in [7, 11) is 2.80. The average Bonchev–Trinajstić information content (AvgIpc) is 3.14. The third-order valence-electron chi connectivity index (χ3n) is 4.43. The topological polar surface area (TPSA) is 164 Å². The third-order valence-corrected chi connectivity index (χ3v) is 4.43. The first-order valence-corrected chi connectivity index (χ1v) is 8.81. The molecule has 160 valence electrons. The van der Waals surface area contributed by atoms with Gasteiger partial charge < -0.3 is 20.5 Å². The Morgan fingerprint density at radius 1 is 1.16 bits per heavy atom. The van der Waals surface area contributed by atoms with Gasteiger partial charge in [0.15, 0.2) is 17.2 Å². The average molecular weight is 426 g/mol. The number of rotatable bonds is 7. The maximum absolute atomic E-state index is 12.8. The van der Waals surface area contributed by atoms with Crippen LogP contribution >= 0.6 is 0 Å². The van der Waals surface area contributed by atoms with E-state index in [1.807, 2.05) is 0 Å². The van der Waals surface area contributed by atoms with Crippen LogP contribution in [0.2, 0.25) is 0 Å². The van der Waals surface area contributed by atoms with Crippen molar-refractivity contribution in [3.63, 3.8) is 0 Å². The van der Waals surface area contributed by atoms with E-state index in [9.17, 15) is 19.7 Å². The van der Waals surface area contributed by atoms with Gasteiger partial charge in [0.2, 0.25) is 0 Å². The number of nitrogens with zero attached hydrogens (tertiary/aromatic N) is 4. The molecule has 0 saturated carbocycles. The van der Waals surface area contributed by atoms with Crippen LogP contribution in [0.25, 0.3) is 5.69 Å². The highest BCUT2D eigenvalue weighted by atomic mass is 16.6. The van der Waals surface area contributed by atoms with Gasteiger partial charge in [0.25, 0.3) is 17.5 Å². The Hall–Kier alpha value is -4.48. The zero-order valence-electron chi connectivity index (χ0n) is 16.8. The van der Waals surface area contributed by atoms with Gasteiger partial charge in [-0.05, 0) is 19.1 Å². The second-order valence-electron chi connectivity index (χ2n) is 6.28. The number of methoxy groups -OCH3 is 2. The van der Waals surface area contributed by atoms with E-state index in [0.29, 0.717) is 11.4 Å². The number of amides is 2. The number of anilines is 1. The Bertz CT molecular complexity index is 1190. The van der Waals surface area contributed by atoms with E-state index in [4.69, 9.17) is 15.2 Å². The monoisotopic (exact) mass is 426 g/mol. The van der Waals surface area contributed by atoms with E-state index in [0.717, 1.165) is 0 Å². The molecule has 2 aromatic carbocycles. The number of hydrogen-bond donors (Lipinski definition) is 2. The number of carbonyl (C=O) groups is 2. The molecule has 3 N–H and O–H groups in total. The van der Waals surface area contributed by atoms with Crippen molar-refractivity contribution in [2.45, 2.75) is 6.92 Å². The van der Waals surface area contributed by atoms with Crippen molar-refractivity contribution in [3.8, 4) is 17.2 Å². The van der Waals surface area contributed by atoms with Gasteiger partial charge in [-0.3, -0.25) is 19.7 Å². The molecule has 0 radical (unpaired) electrons. The molecule has 3 aromatic rings. The molecule has 31 heavy (non-hydrogen) atoms. The van der Waals surface area contributed by atoms with Crippen molar-refractivity contribution in [2.24, 2.45) is 5.73 Å². The van der Waals surface area contributed by atoms with E-state index < -0.39 is 16.7 Å². The molecule has 0 aliphatic heterocycles. The lowest BCUT2D eigenvalue weighted by atomic mass is 10.1. The predicted octanol–water partition coefficient (Wildman–Crippen LogP) is 1.85. The molecule has 0 aliphatic rings. The van der Waals surface area contributed by atoms with Gasteiger partial charge in [0.1, 0.15) is 0 Å². The summed E-state index contributed by atoms with van der Waals surface area (Å²) in [4.78, 5) is 35.1. The second kappa shape index (κ2) is 8.49. The molecule has 12 heteroatoms. The maximum Gasteiger partial charge on any atom is 0.278 e. The van der Waals surface area contributed by atoms with E-state index in [1.165, 1.54) is 49.2 Å². The lowest BCUT2D eigenvalue weighted by Crippen LogP contribution is -2.19. The van der Waals surface area contributed by atoms with Crippen LogP contribution in [0.15, 0.2) is 36.4 Å². The van der Waals surface area contributed by atoms with Crippen LogP contribution in [0.4, 0.5) is 11.4 Å². The fourth-order valence-corrected chi connectivity index (χ4v) is 2.89. The molecule has 0 bridgehead atoms. The van der Waals surface area contributed by atoms with Crippen LogP contribution in [-0.2, 0) is 0 Å². The molecule has 1 aromatic heterocycles. The van der Waals surface area contributed by atoms with Crippen LogP contribution in [0.5, 0.6) is 11.5 Å². The Morgan fingerprint density at radius 3 is 2.45 bits per heavy atom. The van der Waals surface area contributed by atoms with Crippen molar-refractivity contribution < 1.29 is 24.0 Å². The molecule has 0 aliphatic carbocycles. The smallest absolute Gasteiger partial charge is 0.278 e. The number of primary amides is 1. The van der Waals surface area contributed by atoms with Gasteiger partial charge in [0, 0.05) is 18.2 Å². The number of aromatic nitrogens is 3. The largest absolute Gasteiger partial charge is 0.493 e. The molecule has 1 heterocycles. The van der Waals surface area contributed by atoms with Crippen LogP contribution in [-0.4, -0.2) is 46.0 Å². The summed E-state index contributed by atoms with van der Waals surface area (Å²) in [6.45, 7) is 1.58. The Morgan fingerprint density at radius 2 is 1.84 bits per heavy atom. The summed E-state index contributed by atoms with van der Waals surface area (Å²) in [5, 5.41) is 21.4. The number of non-ortho nitro benzene ring substituents is 1. The van der Waals surface area contributed by atoms with Crippen molar-refractivity contribution in [1.82, 2.24) is 15.0 Å². The van der Waals surface area contributed by atoms with Crippen molar-refractivity contribution in [2.75, 3.05) is 19.5 Å². The van der Waals surface area contributed by atoms with Crippen molar-refractivity contribution in [1.29, 1.82) is 0 Å². The van der Waals surface area contributed by atoms with E-state index >= 15 is 0 Å². The number of nitrogens with two attached hydrogens (primary N) is 1. The molecule has 0 unspecified atom stereocenters. The normalized spacial score (nSPS) is 10.4. The van der Waals surface area contributed by atoms with Gasteiger partial charge in [-0.15, -0.1) is 5.10 Å². The van der Waals surface area contributed by atoms with Crippen LogP contribution in [0, 0.1) is 17.0 Å². The van der Waals surface area contributed by atoms with Crippen LogP contribution in [0.3, 0.4) is 0 Å². The Kier molecular flexibility index (Phi) is 5.81. The highest BCUT2D eigenvalue weighted by Gasteiger charge is 2.22. The molecule has 12 nitrogen and oxygen atoms in total. The molecular weight excluding hydrogens is 408 g/mol. The van der Waals surface area contributed by atoms with Crippen LogP contribution in [0.1, 0.15) is 26.5 Å². The highest BCUT2D eigenvalue weighted by Crippen LogP contribution is 2.33. The van der Waals surface area contributed by atoms with E-state index in [1.54, 1.807) is 13.0 Å². The fourth-order valence-electron chi connectivity index (χ4n) is 2.89. The zero-order valence-corrected chi connectivity index (χ0v) is 16.8. The Labute approximate surface area is 175 Å². The fraction of sp³-hybridized carbons (Fsp3) is 0.158. The first kappa shape index (κ1) is 21.2. The SMILES string of the molecule is COc1cc(NC(=O)c2nnn(-c3cccc([N+](=O)[O-])c3)c2C)c(C(N)=O)cc1OC. The molecule has 0 spiro atoms. The van der Waals surface area contributed by atoms with Gasteiger partial charge in [-0.2, -0.15) is 0 Å². The lowest BCUT2D eigenvalue weighted by molar-refractivity contribution is -0.384. The summed E-state index contributed by atoms with van der Waals surface area (Å²) in [5.41, 5.74) is 6.05. The first-order valence-electron chi connectivity index (χ1n) is 8.81. The highest BCUT2D eigenvalue weighted by molar-refractivity contribution is 6.08. The molecular formula is C19H18N6O6. The Balaban J connectivity index is 1.96. The zero-order chi connectivity index (χ0) is 22.7. The lowest BCUT2D eigenvalue weighted by Gasteiger charge is -2.13. The summed E-state index contributed by atoms with van der Waals surface area (Å²) in [6, 6.07) is 8.49. The minimum Gasteiger partial charge on any atom is -0.493 e. The summed E-state index contributed by atoms with van der Waals surface area (Å²) in [5.74, 6) is -0.904. The molecule has 2 amide bonds. The standard InChI is InChI=1S/C19H18N6O6/c1-10-17(22-23-24(10)11-5-4-6-12(7-11)25(28)29)19(27)21-14-9-16(31-3)15(30-2)8-13(14)18(20)26/h4-9H,1-3H3,(H2,20,26)(H,21,27). The number of nitro groups is 1. The van der Waals surface area contributed by atoms with Gasteiger partial charge in [0.05, 0.1) is 41.8 Å². The molecule has 0 saturated heterocycles. The summed E-state index contributed by atoms with van der Waals surface area (Å²) < 4.78 is 11.6. The minimum atomic E-state index is -0.784.